The number of nitrogens with zero attached hydrogens (tertiary/aromatic N) is 1. The molecule has 144 valence electrons. The highest BCUT2D eigenvalue weighted by Crippen LogP contribution is 2.34. The molecule has 2 heterocycles. The zero-order valence-corrected chi connectivity index (χ0v) is 16.3. The standard InChI is InChI=1S/C18H15N3O5S2/c1-11-16(17(22)20-12-7-8-14-15(9-12)26-10-25-14)27-18(19-11)21-28(23,24)13-5-3-2-4-6-13/h2-9H,10H2,1H3,(H,19,21)(H,20,22). The molecule has 10 heteroatoms. The minimum atomic E-state index is -3.77. The molecule has 0 bridgehead atoms. The Morgan fingerprint density at radius 3 is 2.64 bits per heavy atom. The Hall–Kier alpha value is -3.11. The molecule has 1 aliphatic rings. The molecule has 0 atom stereocenters. The van der Waals surface area contributed by atoms with Crippen LogP contribution in [0.25, 0.3) is 0 Å². The number of thiazole rings is 1. The van der Waals surface area contributed by atoms with Crippen molar-refractivity contribution in [2.75, 3.05) is 16.8 Å². The Balaban J connectivity index is 1.52. The topological polar surface area (TPSA) is 107 Å². The van der Waals surface area contributed by atoms with E-state index in [0.29, 0.717) is 27.8 Å². The molecule has 8 nitrogen and oxygen atoms in total. The average molecular weight is 417 g/mol. The van der Waals surface area contributed by atoms with Gasteiger partial charge in [-0.15, -0.1) is 0 Å². The summed E-state index contributed by atoms with van der Waals surface area (Å²) in [6, 6.07) is 13.0. The van der Waals surface area contributed by atoms with Gasteiger partial charge in [-0.2, -0.15) is 0 Å². The summed E-state index contributed by atoms with van der Waals surface area (Å²) in [4.78, 5) is 17.2. The molecular weight excluding hydrogens is 402 g/mol. The number of nitrogens with one attached hydrogen (secondary N) is 2. The number of ether oxygens (including phenoxy) is 2. The predicted molar refractivity (Wildman–Crippen MR) is 105 cm³/mol. The van der Waals surface area contributed by atoms with E-state index in [9.17, 15) is 13.2 Å². The lowest BCUT2D eigenvalue weighted by Gasteiger charge is -2.05. The molecule has 0 fully saturated rings. The highest BCUT2D eigenvalue weighted by atomic mass is 32.2. The molecule has 1 aliphatic heterocycles. The van der Waals surface area contributed by atoms with Crippen LogP contribution in [-0.2, 0) is 10.0 Å². The van der Waals surface area contributed by atoms with Gasteiger partial charge in [-0.1, -0.05) is 29.5 Å². The number of benzene rings is 2. The van der Waals surface area contributed by atoms with E-state index in [1.54, 1.807) is 43.3 Å². The number of carbonyl (C=O) groups excluding carboxylic acids is 1. The van der Waals surface area contributed by atoms with Crippen LogP contribution in [0.15, 0.2) is 53.4 Å². The summed E-state index contributed by atoms with van der Waals surface area (Å²) >= 11 is 0.964. The van der Waals surface area contributed by atoms with Crippen molar-refractivity contribution in [3.63, 3.8) is 0 Å². The van der Waals surface area contributed by atoms with E-state index in [-0.39, 0.29) is 22.7 Å². The lowest BCUT2D eigenvalue weighted by molar-refractivity contribution is 0.103. The summed E-state index contributed by atoms with van der Waals surface area (Å²) in [6.07, 6.45) is 0. The third-order valence-corrected chi connectivity index (χ3v) is 6.46. The first-order chi connectivity index (χ1) is 13.4. The Morgan fingerprint density at radius 1 is 1.11 bits per heavy atom. The fourth-order valence-electron chi connectivity index (χ4n) is 2.59. The van der Waals surface area contributed by atoms with Gasteiger partial charge in [0.25, 0.3) is 15.9 Å². The van der Waals surface area contributed by atoms with Crippen molar-refractivity contribution in [3.05, 3.63) is 59.1 Å². The van der Waals surface area contributed by atoms with Gasteiger partial charge in [0.1, 0.15) is 4.88 Å². The van der Waals surface area contributed by atoms with Crippen molar-refractivity contribution in [2.45, 2.75) is 11.8 Å². The molecule has 4 rings (SSSR count). The Morgan fingerprint density at radius 2 is 1.86 bits per heavy atom. The minimum absolute atomic E-state index is 0.120. The quantitative estimate of drug-likeness (QED) is 0.660. The first-order valence-electron chi connectivity index (χ1n) is 8.19. The predicted octanol–water partition coefficient (Wildman–Crippen LogP) is 3.23. The molecule has 2 aromatic carbocycles. The monoisotopic (exact) mass is 417 g/mol. The molecule has 0 spiro atoms. The average Bonchev–Trinajstić information content (AvgIpc) is 3.28. The maximum atomic E-state index is 12.6. The van der Waals surface area contributed by atoms with Crippen molar-refractivity contribution in [3.8, 4) is 11.5 Å². The Kier molecular flexibility index (Phi) is 4.65. The fourth-order valence-corrected chi connectivity index (χ4v) is 4.70. The maximum absolute atomic E-state index is 12.6. The third kappa shape index (κ3) is 3.64. The van der Waals surface area contributed by atoms with E-state index < -0.39 is 10.0 Å². The van der Waals surface area contributed by atoms with Crippen LogP contribution in [0.2, 0.25) is 0 Å². The molecule has 3 aromatic rings. The number of fused-ring (bicyclic) bond motifs is 1. The summed E-state index contributed by atoms with van der Waals surface area (Å²) in [5.74, 6) is 0.777. The van der Waals surface area contributed by atoms with E-state index >= 15 is 0 Å². The first-order valence-corrected chi connectivity index (χ1v) is 10.5. The van der Waals surface area contributed by atoms with Crippen molar-refractivity contribution in [1.29, 1.82) is 0 Å². The molecule has 0 saturated carbocycles. The number of carbonyl (C=O) groups is 1. The van der Waals surface area contributed by atoms with E-state index in [0.717, 1.165) is 11.3 Å². The van der Waals surface area contributed by atoms with Gasteiger partial charge in [0, 0.05) is 11.8 Å². The number of hydrogen-bond acceptors (Lipinski definition) is 7. The molecule has 0 radical (unpaired) electrons. The van der Waals surface area contributed by atoms with Crippen molar-refractivity contribution in [2.24, 2.45) is 0 Å². The maximum Gasteiger partial charge on any atom is 0.267 e. The molecule has 28 heavy (non-hydrogen) atoms. The first kappa shape index (κ1) is 18.3. The lowest BCUT2D eigenvalue weighted by Crippen LogP contribution is -2.12. The van der Waals surface area contributed by atoms with Crippen LogP contribution in [0.5, 0.6) is 11.5 Å². The summed E-state index contributed by atoms with van der Waals surface area (Å²) in [7, 11) is -3.77. The SMILES string of the molecule is Cc1nc(NS(=O)(=O)c2ccccc2)sc1C(=O)Nc1ccc2c(c1)OCO2. The second-order valence-corrected chi connectivity index (χ2v) is 8.56. The summed E-state index contributed by atoms with van der Waals surface area (Å²) in [6.45, 7) is 1.79. The van der Waals surface area contributed by atoms with Crippen LogP contribution < -0.4 is 19.5 Å². The zero-order valence-electron chi connectivity index (χ0n) is 14.6. The zero-order chi connectivity index (χ0) is 19.7. The van der Waals surface area contributed by atoms with Gasteiger partial charge in [0.15, 0.2) is 16.6 Å². The molecule has 2 N–H and O–H groups in total. The highest BCUT2D eigenvalue weighted by molar-refractivity contribution is 7.93. The van der Waals surface area contributed by atoms with E-state index in [2.05, 4.69) is 15.0 Å². The lowest BCUT2D eigenvalue weighted by atomic mass is 10.2. The molecule has 1 amide bonds. The number of hydrogen-bond donors (Lipinski definition) is 2. The highest BCUT2D eigenvalue weighted by Gasteiger charge is 2.21. The van der Waals surface area contributed by atoms with Gasteiger partial charge in [-0.3, -0.25) is 9.52 Å². The van der Waals surface area contributed by atoms with E-state index in [1.807, 2.05) is 0 Å². The normalized spacial score (nSPS) is 12.6. The number of sulfonamides is 1. The van der Waals surface area contributed by atoms with Crippen molar-refractivity contribution in [1.82, 2.24) is 4.98 Å². The molecular formula is C18H15N3O5S2. The summed E-state index contributed by atoms with van der Waals surface area (Å²) in [5.41, 5.74) is 0.961. The molecule has 0 saturated heterocycles. The van der Waals surface area contributed by atoms with Crippen molar-refractivity contribution >= 4 is 38.1 Å². The Labute approximate surface area is 165 Å². The number of anilines is 2. The summed E-state index contributed by atoms with van der Waals surface area (Å²) < 4.78 is 37.8. The van der Waals surface area contributed by atoms with Gasteiger partial charge in [0.05, 0.1) is 10.6 Å². The van der Waals surface area contributed by atoms with Crippen molar-refractivity contribution < 1.29 is 22.7 Å². The van der Waals surface area contributed by atoms with Crippen LogP contribution in [0, 0.1) is 6.92 Å². The van der Waals surface area contributed by atoms with Gasteiger partial charge >= 0.3 is 0 Å². The molecule has 1 aromatic heterocycles. The van der Waals surface area contributed by atoms with Gasteiger partial charge in [0.2, 0.25) is 6.79 Å². The molecule has 0 unspecified atom stereocenters. The second-order valence-electron chi connectivity index (χ2n) is 5.87. The van der Waals surface area contributed by atoms with Crippen LogP contribution in [0.4, 0.5) is 10.8 Å². The van der Waals surface area contributed by atoms with E-state index in [4.69, 9.17) is 9.47 Å². The number of amides is 1. The number of aryl methyl sites for hydroxylation is 1. The van der Waals surface area contributed by atoms with Crippen LogP contribution in [-0.4, -0.2) is 26.1 Å². The van der Waals surface area contributed by atoms with Gasteiger partial charge < -0.3 is 14.8 Å². The number of aromatic nitrogens is 1. The molecule has 0 aliphatic carbocycles. The van der Waals surface area contributed by atoms with Crippen LogP contribution in [0.1, 0.15) is 15.4 Å². The summed E-state index contributed by atoms with van der Waals surface area (Å²) in [5, 5.41) is 2.88. The third-order valence-electron chi connectivity index (χ3n) is 3.91. The van der Waals surface area contributed by atoms with E-state index in [1.165, 1.54) is 12.1 Å². The Bertz CT molecular complexity index is 1140. The van der Waals surface area contributed by atoms with Crippen LogP contribution >= 0.6 is 11.3 Å². The smallest absolute Gasteiger partial charge is 0.267 e. The van der Waals surface area contributed by atoms with Gasteiger partial charge in [-0.25, -0.2) is 13.4 Å². The largest absolute Gasteiger partial charge is 0.454 e. The van der Waals surface area contributed by atoms with Gasteiger partial charge in [-0.05, 0) is 31.2 Å². The van der Waals surface area contributed by atoms with Crippen LogP contribution in [0.3, 0.4) is 0 Å². The fraction of sp³-hybridized carbons (Fsp3) is 0.111. The minimum Gasteiger partial charge on any atom is -0.454 e. The second kappa shape index (κ2) is 7.13. The number of rotatable bonds is 5.